The number of rotatable bonds is 1. The van der Waals surface area contributed by atoms with E-state index in [1.807, 2.05) is 13.8 Å². The molecule has 0 unspecified atom stereocenters. The molecule has 0 spiro atoms. The van der Waals surface area contributed by atoms with Crippen LogP contribution in [0.25, 0.3) is 0 Å². The SMILES string of the molecule is CC.O=S(=O)(O)c1ccccc1.[Rh]. The fourth-order valence-corrected chi connectivity index (χ4v) is 1.09. The van der Waals surface area contributed by atoms with Gasteiger partial charge in [0.15, 0.2) is 0 Å². The van der Waals surface area contributed by atoms with Crippen LogP contribution in [-0.4, -0.2) is 13.0 Å². The van der Waals surface area contributed by atoms with E-state index in [1.54, 1.807) is 18.2 Å². The van der Waals surface area contributed by atoms with Crippen molar-refractivity contribution in [3.63, 3.8) is 0 Å². The molecule has 1 radical (unpaired) electrons. The summed E-state index contributed by atoms with van der Waals surface area (Å²) in [5, 5.41) is 0. The van der Waals surface area contributed by atoms with Gasteiger partial charge < -0.3 is 0 Å². The maximum atomic E-state index is 10.4. The molecule has 0 bridgehead atoms. The quantitative estimate of drug-likeness (QED) is 0.635. The van der Waals surface area contributed by atoms with Crippen LogP contribution in [0.3, 0.4) is 0 Å². The Bertz CT molecular complexity index is 307. The summed E-state index contributed by atoms with van der Waals surface area (Å²) >= 11 is 0. The van der Waals surface area contributed by atoms with Crippen molar-refractivity contribution in [3.8, 4) is 0 Å². The number of hydrogen-bond acceptors (Lipinski definition) is 2. The molecular formula is C8H12O3RhS. The monoisotopic (exact) mass is 291 g/mol. The van der Waals surface area contributed by atoms with Crippen molar-refractivity contribution in [1.29, 1.82) is 0 Å². The summed E-state index contributed by atoms with van der Waals surface area (Å²) in [6, 6.07) is 7.42. The molecule has 0 aliphatic carbocycles. The van der Waals surface area contributed by atoms with E-state index in [2.05, 4.69) is 0 Å². The molecule has 0 atom stereocenters. The molecule has 0 aliphatic rings. The fourth-order valence-electron chi connectivity index (χ4n) is 0.592. The molecule has 1 rings (SSSR count). The third-order valence-corrected chi connectivity index (χ3v) is 1.91. The molecular weight excluding hydrogens is 279 g/mol. The smallest absolute Gasteiger partial charge is 0.282 e. The van der Waals surface area contributed by atoms with E-state index in [9.17, 15) is 8.42 Å². The molecule has 77 valence electrons. The van der Waals surface area contributed by atoms with Gasteiger partial charge in [0, 0.05) is 19.5 Å². The van der Waals surface area contributed by atoms with Crippen LogP contribution >= 0.6 is 0 Å². The molecule has 0 saturated heterocycles. The van der Waals surface area contributed by atoms with E-state index in [0.717, 1.165) is 0 Å². The zero-order valence-corrected chi connectivity index (χ0v) is 9.85. The molecule has 0 heterocycles. The average molecular weight is 291 g/mol. The van der Waals surface area contributed by atoms with Gasteiger partial charge in [-0.2, -0.15) is 8.42 Å². The summed E-state index contributed by atoms with van der Waals surface area (Å²) in [5.74, 6) is 0. The van der Waals surface area contributed by atoms with Crippen LogP contribution in [0, 0.1) is 0 Å². The van der Waals surface area contributed by atoms with Crippen molar-refractivity contribution >= 4 is 10.1 Å². The molecule has 0 aromatic heterocycles. The van der Waals surface area contributed by atoms with Gasteiger partial charge in [-0.15, -0.1) is 0 Å². The summed E-state index contributed by atoms with van der Waals surface area (Å²) in [4.78, 5) is -0.0741. The van der Waals surface area contributed by atoms with Crippen molar-refractivity contribution in [1.82, 2.24) is 0 Å². The zero-order valence-electron chi connectivity index (χ0n) is 7.39. The van der Waals surface area contributed by atoms with E-state index in [1.165, 1.54) is 12.1 Å². The largest absolute Gasteiger partial charge is 0.294 e. The Balaban J connectivity index is 0. The Morgan fingerprint density at radius 1 is 1.08 bits per heavy atom. The van der Waals surface area contributed by atoms with Gasteiger partial charge in [0.1, 0.15) is 0 Å². The summed E-state index contributed by atoms with van der Waals surface area (Å²) in [5.41, 5.74) is 0. The number of hydrogen-bond donors (Lipinski definition) is 1. The molecule has 13 heavy (non-hydrogen) atoms. The van der Waals surface area contributed by atoms with E-state index < -0.39 is 10.1 Å². The fraction of sp³-hybridized carbons (Fsp3) is 0.250. The van der Waals surface area contributed by atoms with Gasteiger partial charge >= 0.3 is 0 Å². The Kier molecular flexibility index (Phi) is 8.42. The van der Waals surface area contributed by atoms with E-state index in [4.69, 9.17) is 4.55 Å². The van der Waals surface area contributed by atoms with Crippen molar-refractivity contribution in [2.45, 2.75) is 18.7 Å². The first kappa shape index (κ1) is 15.2. The van der Waals surface area contributed by atoms with Crippen LogP contribution < -0.4 is 0 Å². The van der Waals surface area contributed by atoms with Gasteiger partial charge in [-0.3, -0.25) is 4.55 Å². The van der Waals surface area contributed by atoms with Crippen molar-refractivity contribution in [2.75, 3.05) is 0 Å². The Morgan fingerprint density at radius 3 is 1.69 bits per heavy atom. The Hall–Kier alpha value is -0.247. The van der Waals surface area contributed by atoms with E-state index in [0.29, 0.717) is 0 Å². The van der Waals surface area contributed by atoms with Crippen molar-refractivity contribution < 1.29 is 32.4 Å². The second-order valence-corrected chi connectivity index (χ2v) is 3.21. The van der Waals surface area contributed by atoms with Crippen molar-refractivity contribution in [2.24, 2.45) is 0 Å². The third kappa shape index (κ3) is 5.91. The summed E-state index contributed by atoms with van der Waals surface area (Å²) in [6.45, 7) is 4.00. The maximum Gasteiger partial charge on any atom is 0.294 e. The molecule has 1 aromatic rings. The minimum Gasteiger partial charge on any atom is -0.282 e. The average Bonchev–Trinajstić information content (AvgIpc) is 2.08. The normalized spacial score (nSPS) is 9.15. The first-order valence-electron chi connectivity index (χ1n) is 3.63. The Labute approximate surface area is 91.7 Å². The molecule has 1 aromatic carbocycles. The number of benzene rings is 1. The van der Waals surface area contributed by atoms with Crippen LogP contribution in [-0.2, 0) is 29.6 Å². The maximum absolute atomic E-state index is 10.4. The molecule has 3 nitrogen and oxygen atoms in total. The molecule has 0 aliphatic heterocycles. The van der Waals surface area contributed by atoms with Gasteiger partial charge in [0.25, 0.3) is 10.1 Å². The van der Waals surface area contributed by atoms with E-state index >= 15 is 0 Å². The first-order valence-corrected chi connectivity index (χ1v) is 5.07. The van der Waals surface area contributed by atoms with Gasteiger partial charge in [-0.05, 0) is 12.1 Å². The molecule has 5 heteroatoms. The summed E-state index contributed by atoms with van der Waals surface area (Å²) in [7, 11) is -4.00. The van der Waals surface area contributed by atoms with Crippen molar-refractivity contribution in [3.05, 3.63) is 30.3 Å². The first-order chi connectivity index (χ1) is 5.61. The van der Waals surface area contributed by atoms with Crippen LogP contribution in [0.1, 0.15) is 13.8 Å². The van der Waals surface area contributed by atoms with Gasteiger partial charge in [0.05, 0.1) is 4.90 Å². The molecule has 1 N–H and O–H groups in total. The second-order valence-electron chi connectivity index (χ2n) is 1.79. The third-order valence-electron chi connectivity index (χ3n) is 1.04. The van der Waals surface area contributed by atoms with Crippen LogP contribution in [0.2, 0.25) is 0 Å². The predicted molar refractivity (Wildman–Crippen MR) is 47.6 cm³/mol. The standard InChI is InChI=1S/C6H6O3S.C2H6.Rh/c7-10(8,9)6-4-2-1-3-5-6;1-2;/h1-5H,(H,7,8,9);1-2H3;. The van der Waals surface area contributed by atoms with Gasteiger partial charge in [-0.1, -0.05) is 32.0 Å². The summed E-state index contributed by atoms with van der Waals surface area (Å²) in [6.07, 6.45) is 0. The van der Waals surface area contributed by atoms with Gasteiger partial charge in [-0.25, -0.2) is 0 Å². The Morgan fingerprint density at radius 2 is 1.46 bits per heavy atom. The molecule has 0 fully saturated rings. The van der Waals surface area contributed by atoms with Crippen LogP contribution in [0.15, 0.2) is 35.2 Å². The minimum absolute atomic E-state index is 0. The molecule has 0 amide bonds. The second kappa shape index (κ2) is 7.19. The zero-order chi connectivity index (χ0) is 9.61. The summed E-state index contributed by atoms with van der Waals surface area (Å²) < 4.78 is 29.2. The van der Waals surface area contributed by atoms with Crippen LogP contribution in [0.5, 0.6) is 0 Å². The van der Waals surface area contributed by atoms with E-state index in [-0.39, 0.29) is 24.4 Å². The van der Waals surface area contributed by atoms with Crippen LogP contribution in [0.4, 0.5) is 0 Å². The minimum atomic E-state index is -4.00. The predicted octanol–water partition coefficient (Wildman–Crippen LogP) is 1.96. The molecule has 0 saturated carbocycles. The topological polar surface area (TPSA) is 54.4 Å². The van der Waals surface area contributed by atoms with Gasteiger partial charge in [0.2, 0.25) is 0 Å².